The summed E-state index contributed by atoms with van der Waals surface area (Å²) in [6.07, 6.45) is 7.67. The van der Waals surface area contributed by atoms with Gasteiger partial charge in [-0.25, -0.2) is 13.8 Å². The second kappa shape index (κ2) is 5.18. The molecule has 4 heteroatoms. The van der Waals surface area contributed by atoms with Crippen LogP contribution < -0.4 is 0 Å². The molecule has 1 aliphatic heterocycles. The van der Waals surface area contributed by atoms with E-state index in [9.17, 15) is 8.78 Å². The van der Waals surface area contributed by atoms with Crippen molar-refractivity contribution in [3.8, 4) is 11.3 Å². The predicted molar refractivity (Wildman–Crippen MR) is 81.9 cm³/mol. The van der Waals surface area contributed by atoms with E-state index < -0.39 is 11.8 Å². The maximum atomic E-state index is 14.8. The SMILES string of the molecule is FC(F)(C[C@H]1c2ccccc2-c2cncn21)C1CCCCC1. The zero-order valence-electron chi connectivity index (χ0n) is 12.5. The number of hydrogen-bond acceptors (Lipinski definition) is 1. The van der Waals surface area contributed by atoms with E-state index in [1.54, 1.807) is 12.5 Å². The first-order valence-corrected chi connectivity index (χ1v) is 8.16. The van der Waals surface area contributed by atoms with E-state index in [0.29, 0.717) is 12.8 Å². The molecule has 0 N–H and O–H groups in total. The van der Waals surface area contributed by atoms with Gasteiger partial charge in [0, 0.05) is 17.9 Å². The van der Waals surface area contributed by atoms with E-state index in [0.717, 1.165) is 36.1 Å². The summed E-state index contributed by atoms with van der Waals surface area (Å²) in [5.41, 5.74) is 3.01. The van der Waals surface area contributed by atoms with Crippen molar-refractivity contribution in [2.24, 2.45) is 5.92 Å². The number of rotatable bonds is 3. The van der Waals surface area contributed by atoms with Gasteiger partial charge in [-0.2, -0.15) is 0 Å². The van der Waals surface area contributed by atoms with Crippen molar-refractivity contribution < 1.29 is 8.78 Å². The molecule has 0 unspecified atom stereocenters. The number of fused-ring (bicyclic) bond motifs is 3. The highest BCUT2D eigenvalue weighted by molar-refractivity contribution is 5.68. The third kappa shape index (κ3) is 2.16. The molecule has 1 aromatic heterocycles. The number of benzene rings is 1. The van der Waals surface area contributed by atoms with E-state index in [4.69, 9.17) is 0 Å². The van der Waals surface area contributed by atoms with Crippen molar-refractivity contribution in [1.29, 1.82) is 0 Å². The Kier molecular flexibility index (Phi) is 3.28. The van der Waals surface area contributed by atoms with Crippen LogP contribution in [0.15, 0.2) is 36.8 Å². The van der Waals surface area contributed by atoms with Crippen molar-refractivity contribution in [2.45, 2.75) is 50.5 Å². The lowest BCUT2D eigenvalue weighted by Gasteiger charge is -2.32. The van der Waals surface area contributed by atoms with Gasteiger partial charge in [0.15, 0.2) is 0 Å². The van der Waals surface area contributed by atoms with Crippen LogP contribution in [-0.2, 0) is 0 Å². The molecule has 0 bridgehead atoms. The average Bonchev–Trinajstić information content (AvgIpc) is 3.12. The average molecular weight is 302 g/mol. The molecule has 2 aromatic rings. The van der Waals surface area contributed by atoms with Gasteiger partial charge in [-0.1, -0.05) is 43.5 Å². The van der Waals surface area contributed by atoms with Gasteiger partial charge in [-0.15, -0.1) is 0 Å². The fourth-order valence-corrected chi connectivity index (χ4v) is 4.09. The molecule has 2 aliphatic rings. The van der Waals surface area contributed by atoms with E-state index in [1.165, 1.54) is 0 Å². The Balaban J connectivity index is 1.65. The van der Waals surface area contributed by atoms with Crippen molar-refractivity contribution >= 4 is 0 Å². The van der Waals surface area contributed by atoms with Crippen LogP contribution >= 0.6 is 0 Å². The van der Waals surface area contributed by atoms with Crippen molar-refractivity contribution in [3.05, 3.63) is 42.4 Å². The molecule has 1 saturated carbocycles. The number of hydrogen-bond donors (Lipinski definition) is 0. The third-order valence-corrected chi connectivity index (χ3v) is 5.27. The van der Waals surface area contributed by atoms with E-state index in [-0.39, 0.29) is 12.5 Å². The fraction of sp³-hybridized carbons (Fsp3) is 0.500. The Bertz CT molecular complexity index is 671. The molecule has 2 heterocycles. The molecule has 0 spiro atoms. The largest absolute Gasteiger partial charge is 0.323 e. The van der Waals surface area contributed by atoms with Crippen molar-refractivity contribution in [2.75, 3.05) is 0 Å². The van der Waals surface area contributed by atoms with Gasteiger partial charge in [0.05, 0.1) is 24.3 Å². The Morgan fingerprint density at radius 1 is 1.14 bits per heavy atom. The lowest BCUT2D eigenvalue weighted by atomic mass is 9.81. The van der Waals surface area contributed by atoms with Crippen LogP contribution in [0.3, 0.4) is 0 Å². The number of halogens is 2. The molecule has 1 aliphatic carbocycles. The first-order chi connectivity index (χ1) is 10.7. The summed E-state index contributed by atoms with van der Waals surface area (Å²) in [5.74, 6) is -3.06. The molecular formula is C18H20F2N2. The molecule has 1 aromatic carbocycles. The smallest absolute Gasteiger partial charge is 0.253 e. The Morgan fingerprint density at radius 3 is 2.73 bits per heavy atom. The maximum absolute atomic E-state index is 14.8. The maximum Gasteiger partial charge on any atom is 0.253 e. The highest BCUT2D eigenvalue weighted by atomic mass is 19.3. The minimum absolute atomic E-state index is 0.113. The van der Waals surface area contributed by atoms with Crippen LogP contribution in [0.25, 0.3) is 11.3 Å². The number of imidazole rings is 1. The molecule has 4 rings (SSSR count). The first kappa shape index (κ1) is 13.9. The highest BCUT2D eigenvalue weighted by Crippen LogP contribution is 2.47. The second-order valence-corrected chi connectivity index (χ2v) is 6.59. The minimum Gasteiger partial charge on any atom is -0.323 e. The van der Waals surface area contributed by atoms with Gasteiger partial charge in [-0.05, 0) is 18.4 Å². The highest BCUT2D eigenvalue weighted by Gasteiger charge is 2.44. The zero-order valence-corrected chi connectivity index (χ0v) is 12.5. The van der Waals surface area contributed by atoms with Gasteiger partial charge in [0.1, 0.15) is 0 Å². The van der Waals surface area contributed by atoms with Crippen LogP contribution in [0.2, 0.25) is 0 Å². The number of aromatic nitrogens is 2. The summed E-state index contributed by atoms with van der Waals surface area (Å²) in [7, 11) is 0. The van der Waals surface area contributed by atoms with E-state index in [2.05, 4.69) is 4.98 Å². The lowest BCUT2D eigenvalue weighted by molar-refractivity contribution is -0.0836. The van der Waals surface area contributed by atoms with Gasteiger partial charge < -0.3 is 4.57 Å². The number of nitrogens with zero attached hydrogens (tertiary/aromatic N) is 2. The zero-order chi connectivity index (χ0) is 15.2. The van der Waals surface area contributed by atoms with Gasteiger partial charge in [0.25, 0.3) is 5.92 Å². The Hall–Kier alpha value is -1.71. The topological polar surface area (TPSA) is 17.8 Å². The van der Waals surface area contributed by atoms with Crippen LogP contribution in [0.4, 0.5) is 8.78 Å². The van der Waals surface area contributed by atoms with Crippen molar-refractivity contribution in [3.63, 3.8) is 0 Å². The molecule has 116 valence electrons. The van der Waals surface area contributed by atoms with Crippen LogP contribution in [-0.4, -0.2) is 15.5 Å². The standard InChI is InChI=1S/C18H20F2N2/c19-18(20,13-6-2-1-3-7-13)10-16-14-8-4-5-9-15(14)17-11-21-12-22(16)17/h4-5,8-9,11-13,16H,1-3,6-7,10H2/t16-/m0/s1. The molecule has 22 heavy (non-hydrogen) atoms. The molecule has 1 atom stereocenters. The lowest BCUT2D eigenvalue weighted by Crippen LogP contribution is -2.32. The van der Waals surface area contributed by atoms with Gasteiger partial charge in [-0.3, -0.25) is 0 Å². The van der Waals surface area contributed by atoms with Crippen LogP contribution in [0.1, 0.15) is 50.1 Å². The quantitative estimate of drug-likeness (QED) is 0.775. The molecule has 2 nitrogen and oxygen atoms in total. The summed E-state index contributed by atoms with van der Waals surface area (Å²) in [6, 6.07) is 7.58. The minimum atomic E-state index is -2.61. The van der Waals surface area contributed by atoms with Crippen LogP contribution in [0.5, 0.6) is 0 Å². The first-order valence-electron chi connectivity index (χ1n) is 8.16. The Morgan fingerprint density at radius 2 is 1.91 bits per heavy atom. The summed E-state index contributed by atoms with van der Waals surface area (Å²) in [6.45, 7) is 0. The fourth-order valence-electron chi connectivity index (χ4n) is 4.09. The molecular weight excluding hydrogens is 282 g/mol. The van der Waals surface area contributed by atoms with E-state index in [1.807, 2.05) is 28.8 Å². The molecule has 0 saturated heterocycles. The monoisotopic (exact) mass is 302 g/mol. The summed E-state index contributed by atoms with van der Waals surface area (Å²) >= 11 is 0. The van der Waals surface area contributed by atoms with Gasteiger partial charge in [0.2, 0.25) is 0 Å². The Labute approximate surface area is 129 Å². The van der Waals surface area contributed by atoms with Gasteiger partial charge >= 0.3 is 0 Å². The summed E-state index contributed by atoms with van der Waals surface area (Å²) in [5, 5.41) is 0. The molecule has 0 radical (unpaired) electrons. The molecule has 0 amide bonds. The third-order valence-electron chi connectivity index (χ3n) is 5.27. The second-order valence-electron chi connectivity index (χ2n) is 6.59. The number of alkyl halides is 2. The van der Waals surface area contributed by atoms with E-state index >= 15 is 0 Å². The summed E-state index contributed by atoms with van der Waals surface area (Å²) in [4.78, 5) is 4.15. The van der Waals surface area contributed by atoms with Crippen LogP contribution in [0, 0.1) is 5.92 Å². The predicted octanol–water partition coefficient (Wildman–Crippen LogP) is 5.06. The molecule has 1 fully saturated rings. The summed E-state index contributed by atoms with van der Waals surface area (Å²) < 4.78 is 31.6. The normalized spacial score (nSPS) is 21.6. The van der Waals surface area contributed by atoms with Crippen molar-refractivity contribution in [1.82, 2.24) is 9.55 Å².